The summed E-state index contributed by atoms with van der Waals surface area (Å²) in [6, 6.07) is 21.1. The number of hydrogen-bond acceptors (Lipinski definition) is 4. The van der Waals surface area contributed by atoms with Crippen molar-refractivity contribution in [2.75, 3.05) is 25.4 Å². The molecule has 0 saturated heterocycles. The van der Waals surface area contributed by atoms with Gasteiger partial charge in [0.1, 0.15) is 0 Å². The van der Waals surface area contributed by atoms with Crippen LogP contribution in [0.4, 0.5) is 5.13 Å². The highest BCUT2D eigenvalue weighted by molar-refractivity contribution is 7.15. The minimum Gasteiger partial charge on any atom is -0.375 e. The lowest BCUT2D eigenvalue weighted by Crippen LogP contribution is -2.29. The summed E-state index contributed by atoms with van der Waals surface area (Å²) >= 11 is 1.64. The van der Waals surface area contributed by atoms with Gasteiger partial charge in [0.2, 0.25) is 0 Å². The molecular weight excluding hydrogens is 362 g/mol. The lowest BCUT2D eigenvalue weighted by Gasteiger charge is -2.26. The smallest absolute Gasteiger partial charge is 0.180 e. The third-order valence-corrected chi connectivity index (χ3v) is 6.27. The van der Waals surface area contributed by atoms with Crippen LogP contribution in [0, 0.1) is 0 Å². The van der Waals surface area contributed by atoms with Crippen LogP contribution in [-0.4, -0.2) is 29.5 Å². The summed E-state index contributed by atoms with van der Waals surface area (Å²) in [6.45, 7) is 3.38. The SMILES string of the molecule is Nc1nc(-c2ccccc2)c(CCCCN2CC=C(c3ccccc3)CC2)s1. The van der Waals surface area contributed by atoms with Gasteiger partial charge < -0.3 is 5.73 Å². The van der Waals surface area contributed by atoms with Gasteiger partial charge in [-0.2, -0.15) is 0 Å². The van der Waals surface area contributed by atoms with Crippen molar-refractivity contribution >= 4 is 22.0 Å². The van der Waals surface area contributed by atoms with Crippen LogP contribution in [0.2, 0.25) is 0 Å². The first kappa shape index (κ1) is 18.9. The molecule has 0 radical (unpaired) electrons. The summed E-state index contributed by atoms with van der Waals surface area (Å²) in [5, 5.41) is 0.670. The monoisotopic (exact) mass is 389 g/mol. The standard InChI is InChI=1S/C24H27N3S/c25-24-26-23(21-11-5-2-6-12-21)22(28-24)13-7-8-16-27-17-14-20(15-18-27)19-9-3-1-4-10-19/h1-6,9-12,14H,7-8,13,15-18H2,(H2,25,26). The maximum Gasteiger partial charge on any atom is 0.180 e. The normalized spacial score (nSPS) is 14.8. The van der Waals surface area contributed by atoms with Crippen LogP contribution in [0.25, 0.3) is 16.8 Å². The molecule has 0 bridgehead atoms. The summed E-state index contributed by atoms with van der Waals surface area (Å²) in [4.78, 5) is 8.44. The van der Waals surface area contributed by atoms with Crippen molar-refractivity contribution in [3.05, 3.63) is 77.2 Å². The Morgan fingerprint density at radius 3 is 2.32 bits per heavy atom. The van der Waals surface area contributed by atoms with E-state index < -0.39 is 0 Å². The summed E-state index contributed by atoms with van der Waals surface area (Å²) in [6.07, 6.45) is 6.98. The molecule has 0 amide bonds. The van der Waals surface area contributed by atoms with Gasteiger partial charge in [-0.15, -0.1) is 11.3 Å². The lowest BCUT2D eigenvalue weighted by atomic mass is 9.99. The molecule has 4 rings (SSSR count). The predicted molar refractivity (Wildman–Crippen MR) is 120 cm³/mol. The number of nitrogen functional groups attached to an aromatic ring is 1. The van der Waals surface area contributed by atoms with Gasteiger partial charge in [-0.1, -0.05) is 66.7 Å². The second kappa shape index (κ2) is 9.18. The van der Waals surface area contributed by atoms with Crippen molar-refractivity contribution in [1.29, 1.82) is 0 Å². The number of anilines is 1. The van der Waals surface area contributed by atoms with Crippen molar-refractivity contribution in [1.82, 2.24) is 9.88 Å². The molecule has 0 fully saturated rings. The molecule has 2 N–H and O–H groups in total. The lowest BCUT2D eigenvalue weighted by molar-refractivity contribution is 0.295. The van der Waals surface area contributed by atoms with Crippen LogP contribution >= 0.6 is 11.3 Å². The molecule has 2 heterocycles. The highest BCUT2D eigenvalue weighted by Gasteiger charge is 2.14. The molecule has 1 aliphatic heterocycles. The second-order valence-corrected chi connectivity index (χ2v) is 8.41. The Hall–Kier alpha value is -2.43. The van der Waals surface area contributed by atoms with E-state index in [1.807, 2.05) is 6.07 Å². The van der Waals surface area contributed by atoms with Gasteiger partial charge >= 0.3 is 0 Å². The Labute approximate surface area is 171 Å². The topological polar surface area (TPSA) is 42.1 Å². The quantitative estimate of drug-likeness (QED) is 0.542. The van der Waals surface area contributed by atoms with Gasteiger partial charge in [0, 0.05) is 23.5 Å². The van der Waals surface area contributed by atoms with Gasteiger partial charge in [-0.05, 0) is 43.4 Å². The van der Waals surface area contributed by atoms with Gasteiger partial charge in [0.25, 0.3) is 0 Å². The van der Waals surface area contributed by atoms with Gasteiger partial charge in [-0.25, -0.2) is 4.98 Å². The number of aromatic nitrogens is 1. The van der Waals surface area contributed by atoms with Gasteiger partial charge in [0.15, 0.2) is 5.13 Å². The average molecular weight is 390 g/mol. The molecule has 4 heteroatoms. The molecule has 0 unspecified atom stereocenters. The molecule has 3 aromatic rings. The molecule has 28 heavy (non-hydrogen) atoms. The molecular formula is C24H27N3S. The fourth-order valence-electron chi connectivity index (χ4n) is 3.81. The van der Waals surface area contributed by atoms with Crippen molar-refractivity contribution in [2.24, 2.45) is 0 Å². The molecule has 3 nitrogen and oxygen atoms in total. The molecule has 0 spiro atoms. The first-order chi connectivity index (χ1) is 13.8. The van der Waals surface area contributed by atoms with E-state index in [4.69, 9.17) is 5.73 Å². The van der Waals surface area contributed by atoms with E-state index in [-0.39, 0.29) is 0 Å². The van der Waals surface area contributed by atoms with Crippen LogP contribution in [0.15, 0.2) is 66.7 Å². The Balaban J connectivity index is 1.27. The molecule has 0 saturated carbocycles. The van der Waals surface area contributed by atoms with Crippen molar-refractivity contribution in [3.63, 3.8) is 0 Å². The fraction of sp³-hybridized carbons (Fsp3) is 0.292. The van der Waals surface area contributed by atoms with Crippen LogP contribution in [0.1, 0.15) is 29.7 Å². The molecule has 1 aliphatic rings. The number of benzene rings is 2. The Morgan fingerprint density at radius 1 is 0.929 bits per heavy atom. The zero-order chi connectivity index (χ0) is 19.2. The third kappa shape index (κ3) is 4.70. The Bertz CT molecular complexity index is 916. The highest BCUT2D eigenvalue weighted by atomic mass is 32.1. The van der Waals surface area contributed by atoms with Crippen LogP contribution in [0.3, 0.4) is 0 Å². The maximum absolute atomic E-state index is 5.99. The van der Waals surface area contributed by atoms with E-state index in [1.165, 1.54) is 34.4 Å². The van der Waals surface area contributed by atoms with Crippen LogP contribution < -0.4 is 5.73 Å². The van der Waals surface area contributed by atoms with Crippen LogP contribution in [0.5, 0.6) is 0 Å². The van der Waals surface area contributed by atoms with Gasteiger partial charge in [-0.3, -0.25) is 4.90 Å². The number of aryl methyl sites for hydroxylation is 1. The van der Waals surface area contributed by atoms with E-state index in [0.29, 0.717) is 5.13 Å². The van der Waals surface area contributed by atoms with Crippen molar-refractivity contribution in [3.8, 4) is 11.3 Å². The van der Waals surface area contributed by atoms with Crippen molar-refractivity contribution in [2.45, 2.75) is 25.7 Å². The maximum atomic E-state index is 5.99. The molecule has 144 valence electrons. The summed E-state index contributed by atoms with van der Waals surface area (Å²) < 4.78 is 0. The second-order valence-electron chi connectivity index (χ2n) is 7.29. The van der Waals surface area contributed by atoms with E-state index in [2.05, 4.69) is 70.6 Å². The summed E-state index contributed by atoms with van der Waals surface area (Å²) in [5.74, 6) is 0. The number of nitrogens with two attached hydrogens (primary N) is 1. The van der Waals surface area contributed by atoms with E-state index in [9.17, 15) is 0 Å². The molecule has 1 aromatic heterocycles. The van der Waals surface area contributed by atoms with Crippen LogP contribution in [-0.2, 0) is 6.42 Å². The van der Waals surface area contributed by atoms with Gasteiger partial charge in [0.05, 0.1) is 5.69 Å². The average Bonchev–Trinajstić information content (AvgIpc) is 3.13. The highest BCUT2D eigenvalue weighted by Crippen LogP contribution is 2.31. The third-order valence-electron chi connectivity index (χ3n) is 5.33. The zero-order valence-corrected chi connectivity index (χ0v) is 17.0. The Morgan fingerprint density at radius 2 is 1.64 bits per heavy atom. The number of rotatable bonds is 7. The molecule has 0 aliphatic carbocycles. The predicted octanol–water partition coefficient (Wildman–Crippen LogP) is 5.50. The van der Waals surface area contributed by atoms with E-state index >= 15 is 0 Å². The number of hydrogen-bond donors (Lipinski definition) is 1. The Kier molecular flexibility index (Phi) is 6.20. The largest absolute Gasteiger partial charge is 0.375 e. The number of unbranched alkanes of at least 4 members (excludes halogenated alkanes) is 1. The number of thiazole rings is 1. The summed E-state index contributed by atoms with van der Waals surface area (Å²) in [7, 11) is 0. The van der Waals surface area contributed by atoms with E-state index in [0.717, 1.165) is 38.2 Å². The first-order valence-corrected chi connectivity index (χ1v) is 10.9. The minimum atomic E-state index is 0.670. The van der Waals surface area contributed by atoms with E-state index in [1.54, 1.807) is 11.3 Å². The fourth-order valence-corrected chi connectivity index (χ4v) is 4.71. The summed E-state index contributed by atoms with van der Waals surface area (Å²) in [5.41, 5.74) is 11.1. The zero-order valence-electron chi connectivity index (χ0n) is 16.2. The van der Waals surface area contributed by atoms with Crippen molar-refractivity contribution < 1.29 is 0 Å². The minimum absolute atomic E-state index is 0.670. The molecule has 2 aromatic carbocycles. The number of nitrogens with zero attached hydrogens (tertiary/aromatic N) is 2. The first-order valence-electron chi connectivity index (χ1n) is 10.1. The molecule has 0 atom stereocenters.